The minimum absolute atomic E-state index is 0.00211. The van der Waals surface area contributed by atoms with Crippen molar-refractivity contribution < 1.29 is 41.0 Å². The highest BCUT2D eigenvalue weighted by molar-refractivity contribution is 9.10. The molecule has 2 aromatic rings. The molecule has 2 N–H and O–H groups in total. The van der Waals surface area contributed by atoms with Gasteiger partial charge in [0, 0.05) is 34.1 Å². The van der Waals surface area contributed by atoms with Crippen LogP contribution < -0.4 is 4.74 Å². The van der Waals surface area contributed by atoms with Gasteiger partial charge in [0.15, 0.2) is 0 Å². The maximum absolute atomic E-state index is 14.0. The summed E-state index contributed by atoms with van der Waals surface area (Å²) in [5.74, 6) is 0.00211. The summed E-state index contributed by atoms with van der Waals surface area (Å²) in [5.41, 5.74) is -5.30. The van der Waals surface area contributed by atoms with E-state index in [-0.39, 0.29) is 35.2 Å². The lowest BCUT2D eigenvalue weighted by atomic mass is 10.1. The maximum Gasteiger partial charge on any atom is 0.399 e. The van der Waals surface area contributed by atoms with Gasteiger partial charge in [-0.05, 0) is 30.4 Å². The molecule has 0 spiro atoms. The van der Waals surface area contributed by atoms with Crippen molar-refractivity contribution in [2.45, 2.75) is 31.1 Å². The molecule has 5 nitrogen and oxygen atoms in total. The van der Waals surface area contributed by atoms with E-state index >= 15 is 0 Å². The number of aromatic nitrogens is 1. The Balaban J connectivity index is 2.19. The number of nitrogens with zero attached hydrogens (tertiary/aromatic N) is 1. The summed E-state index contributed by atoms with van der Waals surface area (Å²) in [7, 11) is -5.75. The monoisotopic (exact) mass is 477 g/mol. The van der Waals surface area contributed by atoms with Crippen LogP contribution in [0.3, 0.4) is 0 Å². The number of unbranched alkanes of at least 4 members (excludes halogenated alkanes) is 1. The summed E-state index contributed by atoms with van der Waals surface area (Å²) in [5, 5.41) is 0.582. The molecule has 0 fully saturated rings. The van der Waals surface area contributed by atoms with Crippen LogP contribution in [0.25, 0.3) is 10.8 Å². The first kappa shape index (κ1) is 22.0. The van der Waals surface area contributed by atoms with E-state index in [0.29, 0.717) is 5.39 Å². The van der Waals surface area contributed by atoms with Gasteiger partial charge in [-0.25, -0.2) is 4.98 Å². The predicted octanol–water partition coefficient (Wildman–Crippen LogP) is 5.34. The Bertz CT molecular complexity index is 871. The van der Waals surface area contributed by atoms with Gasteiger partial charge in [0.25, 0.3) is 0 Å². The quantitative estimate of drug-likeness (QED) is 0.320. The van der Waals surface area contributed by atoms with Crippen molar-refractivity contribution in [3.05, 3.63) is 34.4 Å². The van der Waals surface area contributed by atoms with Crippen molar-refractivity contribution in [2.75, 3.05) is 6.61 Å². The van der Waals surface area contributed by atoms with Crippen LogP contribution in [0.5, 0.6) is 5.88 Å². The number of rotatable bonds is 7. The largest absolute Gasteiger partial charge is 0.478 e. The SMILES string of the molecule is O=P(O)(O)C(F)(F)c1cc2cc(OCCCCC(F)(F)F)ncc2cc1Br. The second kappa shape index (κ2) is 7.98. The van der Waals surface area contributed by atoms with Gasteiger partial charge in [0.1, 0.15) is 0 Å². The third-order valence-electron chi connectivity index (χ3n) is 3.58. The van der Waals surface area contributed by atoms with Gasteiger partial charge in [0.2, 0.25) is 5.88 Å². The molecule has 12 heteroatoms. The molecule has 0 saturated carbocycles. The molecule has 1 aromatic heterocycles. The van der Waals surface area contributed by atoms with E-state index in [4.69, 9.17) is 14.5 Å². The first-order valence-electron chi connectivity index (χ1n) is 7.54. The molecule has 2 rings (SSSR count). The molecule has 1 aromatic carbocycles. The first-order chi connectivity index (χ1) is 12.3. The van der Waals surface area contributed by atoms with Crippen LogP contribution in [-0.2, 0) is 10.2 Å². The van der Waals surface area contributed by atoms with Crippen molar-refractivity contribution in [3.8, 4) is 5.88 Å². The van der Waals surface area contributed by atoms with E-state index in [1.165, 1.54) is 18.3 Å². The second-order valence-electron chi connectivity index (χ2n) is 5.71. The lowest BCUT2D eigenvalue weighted by molar-refractivity contribution is -0.135. The fourth-order valence-corrected chi connectivity index (χ4v) is 3.48. The van der Waals surface area contributed by atoms with E-state index in [1.54, 1.807) is 0 Å². The number of ether oxygens (including phenoxy) is 1. The zero-order valence-electron chi connectivity index (χ0n) is 13.5. The molecular formula is C15H14BrF5NO4P. The Morgan fingerprint density at radius 3 is 2.33 bits per heavy atom. The summed E-state index contributed by atoms with van der Waals surface area (Å²) in [4.78, 5) is 21.7. The molecule has 1 heterocycles. The Kier molecular flexibility index (Phi) is 6.51. The van der Waals surface area contributed by atoms with Crippen molar-refractivity contribution in [3.63, 3.8) is 0 Å². The van der Waals surface area contributed by atoms with E-state index in [9.17, 15) is 26.5 Å². The molecule has 0 saturated heterocycles. The van der Waals surface area contributed by atoms with Gasteiger partial charge in [-0.15, -0.1) is 0 Å². The van der Waals surface area contributed by atoms with Crippen LogP contribution in [0.4, 0.5) is 22.0 Å². The number of benzene rings is 1. The number of halogens is 6. The molecule has 27 heavy (non-hydrogen) atoms. The van der Waals surface area contributed by atoms with Crippen LogP contribution in [0.15, 0.2) is 28.9 Å². The molecular weight excluding hydrogens is 464 g/mol. The number of hydrogen-bond acceptors (Lipinski definition) is 3. The third kappa shape index (κ3) is 5.60. The molecule has 0 radical (unpaired) electrons. The van der Waals surface area contributed by atoms with Gasteiger partial charge in [-0.2, -0.15) is 22.0 Å². The summed E-state index contributed by atoms with van der Waals surface area (Å²) in [6, 6.07) is 3.40. The summed E-state index contributed by atoms with van der Waals surface area (Å²) in [6.45, 7) is -0.0450. The average Bonchev–Trinajstić information content (AvgIpc) is 2.51. The zero-order valence-corrected chi connectivity index (χ0v) is 16.0. The summed E-state index contributed by atoms with van der Waals surface area (Å²) in [6.07, 6.45) is -3.88. The lowest BCUT2D eigenvalue weighted by Gasteiger charge is -2.20. The van der Waals surface area contributed by atoms with E-state index in [2.05, 4.69) is 20.9 Å². The maximum atomic E-state index is 14.0. The van der Waals surface area contributed by atoms with Gasteiger partial charge in [0.05, 0.1) is 6.61 Å². The minimum atomic E-state index is -5.75. The minimum Gasteiger partial charge on any atom is -0.478 e. The standard InChI is InChI=1S/C15H14BrF5NO4P/c16-12-6-10-8-22-13(26-4-2-1-3-14(17,18)19)7-9(10)5-11(12)15(20,21)27(23,24)25/h5-8H,1-4H2,(H2,23,24,25). The fourth-order valence-electron chi connectivity index (χ4n) is 2.22. The van der Waals surface area contributed by atoms with Gasteiger partial charge in [-0.3, -0.25) is 4.57 Å². The summed E-state index contributed by atoms with van der Waals surface area (Å²) >= 11 is 2.87. The van der Waals surface area contributed by atoms with E-state index in [0.717, 1.165) is 6.07 Å². The molecule has 0 amide bonds. The number of hydrogen-bond donors (Lipinski definition) is 2. The van der Waals surface area contributed by atoms with Crippen LogP contribution in [0, 0.1) is 0 Å². The van der Waals surface area contributed by atoms with Crippen molar-refractivity contribution in [2.24, 2.45) is 0 Å². The van der Waals surface area contributed by atoms with Crippen LogP contribution in [0.2, 0.25) is 0 Å². The zero-order chi connectivity index (χ0) is 20.5. The van der Waals surface area contributed by atoms with Gasteiger partial charge < -0.3 is 14.5 Å². The Labute approximate surface area is 158 Å². The van der Waals surface area contributed by atoms with Crippen LogP contribution in [-0.4, -0.2) is 27.6 Å². The first-order valence-corrected chi connectivity index (χ1v) is 9.94. The van der Waals surface area contributed by atoms with Crippen molar-refractivity contribution in [1.82, 2.24) is 4.98 Å². The Hall–Kier alpha value is -1.29. The highest BCUT2D eigenvalue weighted by atomic mass is 79.9. The average molecular weight is 478 g/mol. The fraction of sp³-hybridized carbons (Fsp3) is 0.400. The Morgan fingerprint density at radius 2 is 1.74 bits per heavy atom. The third-order valence-corrected chi connectivity index (χ3v) is 5.21. The molecule has 0 unspecified atom stereocenters. The normalized spacial score (nSPS) is 13.2. The second-order valence-corrected chi connectivity index (χ2v) is 8.21. The van der Waals surface area contributed by atoms with E-state index in [1.807, 2.05) is 0 Å². The molecule has 0 aliphatic rings. The number of alkyl halides is 5. The summed E-state index contributed by atoms with van der Waals surface area (Å²) < 4.78 is 80.3. The van der Waals surface area contributed by atoms with Crippen LogP contribution >= 0.6 is 23.5 Å². The van der Waals surface area contributed by atoms with Gasteiger partial charge >= 0.3 is 19.4 Å². The smallest absolute Gasteiger partial charge is 0.399 e. The number of fused-ring (bicyclic) bond motifs is 1. The van der Waals surface area contributed by atoms with E-state index < -0.39 is 31.4 Å². The predicted molar refractivity (Wildman–Crippen MR) is 90.8 cm³/mol. The molecule has 0 bridgehead atoms. The van der Waals surface area contributed by atoms with Gasteiger partial charge in [-0.1, -0.05) is 15.9 Å². The molecule has 0 atom stereocenters. The topological polar surface area (TPSA) is 79.7 Å². The highest BCUT2D eigenvalue weighted by Gasteiger charge is 2.51. The van der Waals surface area contributed by atoms with Crippen molar-refractivity contribution in [1.29, 1.82) is 0 Å². The molecule has 0 aliphatic carbocycles. The highest BCUT2D eigenvalue weighted by Crippen LogP contribution is 2.60. The molecule has 0 aliphatic heterocycles. The number of pyridine rings is 1. The molecule has 150 valence electrons. The van der Waals surface area contributed by atoms with Crippen LogP contribution in [0.1, 0.15) is 24.8 Å². The Morgan fingerprint density at radius 1 is 1.07 bits per heavy atom. The lowest BCUT2D eigenvalue weighted by Crippen LogP contribution is -2.14. The van der Waals surface area contributed by atoms with Crippen molar-refractivity contribution >= 4 is 34.3 Å².